The van der Waals surface area contributed by atoms with Crippen LogP contribution in [0.25, 0.3) is 0 Å². The van der Waals surface area contributed by atoms with Crippen LogP contribution in [0, 0.1) is 13.8 Å². The van der Waals surface area contributed by atoms with Crippen LogP contribution >= 0.6 is 0 Å². The Balaban J connectivity index is 0.000000251. The lowest BCUT2D eigenvalue weighted by Gasteiger charge is -2.22. The van der Waals surface area contributed by atoms with Gasteiger partial charge >= 0.3 is 0 Å². The Hall–Kier alpha value is -2.04. The van der Waals surface area contributed by atoms with E-state index in [1.807, 2.05) is 30.1 Å². The largest absolute Gasteiger partial charge is 0.395 e. The first kappa shape index (κ1) is 21.0. The molecule has 0 saturated heterocycles. The van der Waals surface area contributed by atoms with Gasteiger partial charge in [-0.2, -0.15) is 0 Å². The average molecular weight is 344 g/mol. The van der Waals surface area contributed by atoms with Gasteiger partial charge in [-0.15, -0.1) is 0 Å². The molecule has 0 aromatic heterocycles. The molecule has 4 nitrogen and oxygen atoms in total. The third-order valence-electron chi connectivity index (χ3n) is 4.00. The van der Waals surface area contributed by atoms with Gasteiger partial charge in [0.15, 0.2) is 0 Å². The van der Waals surface area contributed by atoms with Crippen molar-refractivity contribution in [3.8, 4) is 0 Å². The lowest BCUT2D eigenvalue weighted by molar-refractivity contribution is 0.302. The molecule has 2 N–H and O–H groups in total. The molecule has 0 heterocycles. The Labute approximate surface area is 152 Å². The van der Waals surface area contributed by atoms with Crippen LogP contribution in [0.2, 0.25) is 0 Å². The van der Waals surface area contributed by atoms with Gasteiger partial charge in [-0.3, -0.25) is 0 Å². The second kappa shape index (κ2) is 11.5. The van der Waals surface area contributed by atoms with Crippen LogP contribution in [-0.4, -0.2) is 50.1 Å². The summed E-state index contributed by atoms with van der Waals surface area (Å²) in [6.07, 6.45) is 0. The maximum Gasteiger partial charge on any atom is 0.0606 e. The number of aryl methyl sites for hydroxylation is 2. The minimum Gasteiger partial charge on any atom is -0.395 e. The van der Waals surface area contributed by atoms with Crippen molar-refractivity contribution in [2.45, 2.75) is 20.8 Å². The van der Waals surface area contributed by atoms with Gasteiger partial charge in [0.1, 0.15) is 0 Å². The van der Waals surface area contributed by atoms with Crippen LogP contribution in [0.4, 0.5) is 11.4 Å². The lowest BCUT2D eigenvalue weighted by Crippen LogP contribution is -2.26. The monoisotopic (exact) mass is 344 g/mol. The highest BCUT2D eigenvalue weighted by atomic mass is 16.3. The molecule has 2 aromatic carbocycles. The molecule has 0 aliphatic heterocycles. The van der Waals surface area contributed by atoms with Crippen molar-refractivity contribution in [2.24, 2.45) is 0 Å². The van der Waals surface area contributed by atoms with Gasteiger partial charge in [0.2, 0.25) is 0 Å². The standard InChI is InChI=1S/C11H17NO.C10H15NO/c1-3-12(7-8-13)11-6-4-5-10(2)9-11;1-9-4-3-5-10(8-9)11(2)6-7-12/h4-6,9,13H,3,7-8H2,1-2H3;3-5,8,12H,6-7H2,1-2H3. The molecule has 0 unspecified atom stereocenters. The van der Waals surface area contributed by atoms with Crippen LogP contribution < -0.4 is 9.80 Å². The molecule has 0 fully saturated rings. The summed E-state index contributed by atoms with van der Waals surface area (Å²) >= 11 is 0. The van der Waals surface area contributed by atoms with Crippen LogP contribution in [-0.2, 0) is 0 Å². The number of aliphatic hydroxyl groups is 2. The van der Waals surface area contributed by atoms with Crippen LogP contribution in [0.1, 0.15) is 18.1 Å². The van der Waals surface area contributed by atoms with Gasteiger partial charge in [-0.05, 0) is 56.2 Å². The molecule has 0 aliphatic rings. The predicted molar refractivity (Wildman–Crippen MR) is 108 cm³/mol. The summed E-state index contributed by atoms with van der Waals surface area (Å²) < 4.78 is 0. The zero-order valence-corrected chi connectivity index (χ0v) is 15.9. The maximum absolute atomic E-state index is 8.86. The minimum absolute atomic E-state index is 0.199. The van der Waals surface area contributed by atoms with E-state index in [2.05, 4.69) is 56.0 Å². The Bertz CT molecular complexity index is 616. The van der Waals surface area contributed by atoms with Gasteiger partial charge < -0.3 is 20.0 Å². The van der Waals surface area contributed by atoms with Gasteiger partial charge in [0, 0.05) is 38.1 Å². The summed E-state index contributed by atoms with van der Waals surface area (Å²) in [5.74, 6) is 0. The van der Waals surface area contributed by atoms with E-state index in [1.165, 1.54) is 16.8 Å². The first-order chi connectivity index (χ1) is 12.0. The van der Waals surface area contributed by atoms with Gasteiger partial charge in [0.25, 0.3) is 0 Å². The summed E-state index contributed by atoms with van der Waals surface area (Å²) in [6, 6.07) is 16.6. The molecule has 0 amide bonds. The molecular formula is C21H32N2O2. The summed E-state index contributed by atoms with van der Waals surface area (Å²) in [5.41, 5.74) is 4.85. The van der Waals surface area contributed by atoms with E-state index in [0.29, 0.717) is 13.1 Å². The fourth-order valence-corrected chi connectivity index (χ4v) is 2.56. The molecule has 138 valence electrons. The van der Waals surface area contributed by atoms with Crippen LogP contribution in [0.5, 0.6) is 0 Å². The minimum atomic E-state index is 0.199. The molecule has 4 heteroatoms. The van der Waals surface area contributed by atoms with Crippen molar-refractivity contribution in [3.63, 3.8) is 0 Å². The molecule has 0 atom stereocenters. The van der Waals surface area contributed by atoms with E-state index in [1.54, 1.807) is 0 Å². The molecule has 25 heavy (non-hydrogen) atoms. The molecular weight excluding hydrogens is 312 g/mol. The Kier molecular flexibility index (Phi) is 9.66. The quantitative estimate of drug-likeness (QED) is 0.809. The molecule has 0 aliphatic carbocycles. The van der Waals surface area contributed by atoms with Crippen molar-refractivity contribution in [1.82, 2.24) is 0 Å². The number of rotatable bonds is 7. The Morgan fingerprint density at radius 3 is 1.80 bits per heavy atom. The van der Waals surface area contributed by atoms with Gasteiger partial charge in [0.05, 0.1) is 13.2 Å². The van der Waals surface area contributed by atoms with E-state index in [4.69, 9.17) is 10.2 Å². The number of hydrogen-bond donors (Lipinski definition) is 2. The smallest absolute Gasteiger partial charge is 0.0606 e. The van der Waals surface area contributed by atoms with E-state index in [9.17, 15) is 0 Å². The summed E-state index contributed by atoms with van der Waals surface area (Å²) in [5, 5.41) is 17.6. The third-order valence-corrected chi connectivity index (χ3v) is 4.00. The fraction of sp³-hybridized carbons (Fsp3) is 0.429. The Morgan fingerprint density at radius 2 is 1.32 bits per heavy atom. The summed E-state index contributed by atoms with van der Waals surface area (Å²) in [7, 11) is 1.98. The molecule has 0 bridgehead atoms. The molecule has 0 spiro atoms. The van der Waals surface area contributed by atoms with E-state index in [-0.39, 0.29) is 13.2 Å². The number of anilines is 2. The number of aliphatic hydroxyl groups excluding tert-OH is 2. The molecule has 2 rings (SSSR count). The van der Waals surface area contributed by atoms with Crippen LogP contribution in [0.15, 0.2) is 48.5 Å². The first-order valence-corrected chi connectivity index (χ1v) is 8.83. The molecule has 2 aromatic rings. The van der Waals surface area contributed by atoms with E-state index >= 15 is 0 Å². The van der Waals surface area contributed by atoms with Crippen molar-refractivity contribution in [3.05, 3.63) is 59.7 Å². The normalized spacial score (nSPS) is 10.0. The highest BCUT2D eigenvalue weighted by Gasteiger charge is 2.02. The second-order valence-electron chi connectivity index (χ2n) is 6.13. The molecule has 0 radical (unpaired) electrons. The lowest BCUT2D eigenvalue weighted by atomic mass is 10.2. The topological polar surface area (TPSA) is 46.9 Å². The first-order valence-electron chi connectivity index (χ1n) is 8.83. The SMILES string of the molecule is CCN(CCO)c1cccc(C)c1.Cc1cccc(N(C)CCO)c1. The second-order valence-corrected chi connectivity index (χ2v) is 6.13. The zero-order valence-electron chi connectivity index (χ0n) is 15.9. The maximum atomic E-state index is 8.86. The summed E-state index contributed by atoms with van der Waals surface area (Å²) in [4.78, 5) is 4.19. The number of hydrogen-bond acceptors (Lipinski definition) is 4. The zero-order chi connectivity index (χ0) is 18.7. The predicted octanol–water partition coefficient (Wildman–Crippen LogP) is 3.24. The highest BCUT2D eigenvalue weighted by molar-refractivity contribution is 5.48. The Morgan fingerprint density at radius 1 is 0.800 bits per heavy atom. The van der Waals surface area contributed by atoms with Gasteiger partial charge in [-0.25, -0.2) is 0 Å². The van der Waals surface area contributed by atoms with Gasteiger partial charge in [-0.1, -0.05) is 24.3 Å². The van der Waals surface area contributed by atoms with Crippen molar-refractivity contribution < 1.29 is 10.2 Å². The van der Waals surface area contributed by atoms with E-state index in [0.717, 1.165) is 12.2 Å². The number of likely N-dealkylation sites (N-methyl/N-ethyl adjacent to an activating group) is 2. The average Bonchev–Trinajstić information content (AvgIpc) is 2.60. The number of nitrogens with zero attached hydrogens (tertiary/aromatic N) is 2. The summed E-state index contributed by atoms with van der Waals surface area (Å²) in [6.45, 7) is 8.98. The highest BCUT2D eigenvalue weighted by Crippen LogP contribution is 2.15. The fourth-order valence-electron chi connectivity index (χ4n) is 2.56. The third kappa shape index (κ3) is 7.59. The van der Waals surface area contributed by atoms with Crippen molar-refractivity contribution >= 4 is 11.4 Å². The van der Waals surface area contributed by atoms with E-state index < -0.39 is 0 Å². The van der Waals surface area contributed by atoms with Crippen molar-refractivity contribution in [1.29, 1.82) is 0 Å². The van der Waals surface area contributed by atoms with Crippen LogP contribution in [0.3, 0.4) is 0 Å². The van der Waals surface area contributed by atoms with Crippen molar-refractivity contribution in [2.75, 3.05) is 49.7 Å². The number of benzene rings is 2. The molecule has 0 saturated carbocycles.